The summed E-state index contributed by atoms with van der Waals surface area (Å²) in [6, 6.07) is 3.58. The van der Waals surface area contributed by atoms with Gasteiger partial charge in [0.05, 0.1) is 23.1 Å². The zero-order valence-corrected chi connectivity index (χ0v) is 10.5. The van der Waals surface area contributed by atoms with Crippen molar-refractivity contribution in [1.29, 1.82) is 5.26 Å². The van der Waals surface area contributed by atoms with Gasteiger partial charge in [-0.15, -0.1) is 0 Å². The molecule has 6 heteroatoms. The van der Waals surface area contributed by atoms with Crippen LogP contribution in [-0.2, 0) is 0 Å². The van der Waals surface area contributed by atoms with Crippen molar-refractivity contribution in [1.82, 2.24) is 9.88 Å². The first-order valence-electron chi connectivity index (χ1n) is 5.06. The minimum absolute atomic E-state index is 0.218. The molecule has 0 saturated carbocycles. The van der Waals surface area contributed by atoms with Gasteiger partial charge in [0.15, 0.2) is 0 Å². The number of anilines is 1. The third-order valence-corrected chi connectivity index (χ3v) is 2.55. The Hall–Kier alpha value is -1.80. The molecule has 1 aromatic heterocycles. The van der Waals surface area contributed by atoms with Gasteiger partial charge in [-0.2, -0.15) is 5.26 Å². The van der Waals surface area contributed by atoms with Crippen LogP contribution in [0.3, 0.4) is 0 Å². The van der Waals surface area contributed by atoms with Crippen molar-refractivity contribution in [3.05, 3.63) is 22.8 Å². The minimum Gasteiger partial charge on any atom is -0.373 e. The van der Waals surface area contributed by atoms with E-state index in [-0.39, 0.29) is 5.91 Å². The molecule has 0 fully saturated rings. The molecule has 0 aliphatic carbocycles. The monoisotopic (exact) mass is 252 g/mol. The van der Waals surface area contributed by atoms with Gasteiger partial charge in [-0.1, -0.05) is 11.6 Å². The lowest BCUT2D eigenvalue weighted by Crippen LogP contribution is -2.28. The first-order chi connectivity index (χ1) is 8.10. The van der Waals surface area contributed by atoms with E-state index in [1.807, 2.05) is 6.07 Å². The lowest BCUT2D eigenvalue weighted by Gasteiger charge is -2.16. The molecule has 0 aliphatic rings. The molecule has 90 valence electrons. The molecule has 1 heterocycles. The molecule has 1 N–H and O–H groups in total. The largest absolute Gasteiger partial charge is 0.373 e. The summed E-state index contributed by atoms with van der Waals surface area (Å²) in [6.45, 7) is 0.378. The number of amides is 1. The fraction of sp³-hybridized carbons (Fsp3) is 0.364. The molecule has 1 amide bonds. The number of rotatable bonds is 4. The number of nitriles is 1. The molecule has 1 aromatic rings. The van der Waals surface area contributed by atoms with Gasteiger partial charge in [-0.25, -0.2) is 4.98 Å². The van der Waals surface area contributed by atoms with E-state index >= 15 is 0 Å². The van der Waals surface area contributed by atoms with Crippen molar-refractivity contribution < 1.29 is 4.79 Å². The summed E-state index contributed by atoms with van der Waals surface area (Å²) in [5.74, 6) is 0.357. The highest BCUT2D eigenvalue weighted by atomic mass is 35.5. The molecule has 0 aromatic carbocycles. The van der Waals surface area contributed by atoms with Crippen molar-refractivity contribution in [3.63, 3.8) is 0 Å². The number of hydrogen-bond acceptors (Lipinski definition) is 4. The first kappa shape index (κ1) is 13.3. The van der Waals surface area contributed by atoms with Gasteiger partial charge in [-0.05, 0) is 6.07 Å². The molecule has 0 unspecified atom stereocenters. The Labute approximate surface area is 105 Å². The fourth-order valence-electron chi connectivity index (χ4n) is 1.26. The second-order valence-electron chi connectivity index (χ2n) is 3.43. The molecule has 0 spiro atoms. The predicted octanol–water partition coefficient (Wildman–Crippen LogP) is 1.76. The van der Waals surface area contributed by atoms with E-state index < -0.39 is 0 Å². The number of pyridine rings is 1. The van der Waals surface area contributed by atoms with Crippen LogP contribution in [0, 0.1) is 11.3 Å². The van der Waals surface area contributed by atoms with Crippen LogP contribution < -0.4 is 5.32 Å². The van der Waals surface area contributed by atoms with Crippen LogP contribution >= 0.6 is 11.6 Å². The molecule has 0 saturated heterocycles. The van der Waals surface area contributed by atoms with Crippen LogP contribution in [0.25, 0.3) is 0 Å². The maximum absolute atomic E-state index is 12.0. The number of aromatic nitrogens is 1. The standard InChI is InChI=1S/C11H13ClN4O/c1-14-10-6-8(9(12)7-15-10)11(17)16(2)5-3-4-13/h6-7H,3,5H2,1-2H3,(H,14,15). The van der Waals surface area contributed by atoms with E-state index in [2.05, 4.69) is 10.3 Å². The number of hydrogen-bond donors (Lipinski definition) is 1. The summed E-state index contributed by atoms with van der Waals surface area (Å²) >= 11 is 5.92. The summed E-state index contributed by atoms with van der Waals surface area (Å²) < 4.78 is 0. The Morgan fingerprint density at radius 1 is 1.71 bits per heavy atom. The SMILES string of the molecule is CNc1cc(C(=O)N(C)CCC#N)c(Cl)cn1. The molecule has 0 radical (unpaired) electrons. The summed E-state index contributed by atoms with van der Waals surface area (Å²) in [5.41, 5.74) is 0.381. The number of nitrogens with zero attached hydrogens (tertiary/aromatic N) is 3. The Bertz CT molecular complexity index is 455. The zero-order valence-electron chi connectivity index (χ0n) is 9.70. The lowest BCUT2D eigenvalue weighted by atomic mass is 10.2. The topological polar surface area (TPSA) is 69.0 Å². The average molecular weight is 253 g/mol. The summed E-state index contributed by atoms with van der Waals surface area (Å²) in [5, 5.41) is 11.6. The van der Waals surface area contributed by atoms with Crippen LogP contribution in [0.15, 0.2) is 12.3 Å². The minimum atomic E-state index is -0.218. The number of carbonyl (C=O) groups excluding carboxylic acids is 1. The van der Waals surface area contributed by atoms with Crippen molar-refractivity contribution in [2.75, 3.05) is 26.0 Å². The second kappa shape index (κ2) is 6.06. The smallest absolute Gasteiger partial charge is 0.255 e. The number of halogens is 1. The maximum Gasteiger partial charge on any atom is 0.255 e. The molecule has 0 bridgehead atoms. The van der Waals surface area contributed by atoms with Crippen LogP contribution in [0.5, 0.6) is 0 Å². The second-order valence-corrected chi connectivity index (χ2v) is 3.84. The fourth-order valence-corrected chi connectivity index (χ4v) is 1.45. The summed E-state index contributed by atoms with van der Waals surface area (Å²) in [4.78, 5) is 17.5. The molecule has 0 aliphatic heterocycles. The van der Waals surface area contributed by atoms with Gasteiger partial charge < -0.3 is 10.2 Å². The van der Waals surface area contributed by atoms with Crippen LogP contribution in [-0.4, -0.2) is 36.4 Å². The van der Waals surface area contributed by atoms with Gasteiger partial charge in [0.2, 0.25) is 0 Å². The van der Waals surface area contributed by atoms with Gasteiger partial charge in [-0.3, -0.25) is 4.79 Å². The lowest BCUT2D eigenvalue weighted by molar-refractivity contribution is 0.0798. The Balaban J connectivity index is 2.91. The Morgan fingerprint density at radius 3 is 3.00 bits per heavy atom. The van der Waals surface area contributed by atoms with Crippen LogP contribution in [0.2, 0.25) is 5.02 Å². The van der Waals surface area contributed by atoms with Crippen LogP contribution in [0.4, 0.5) is 5.82 Å². The number of carbonyl (C=O) groups is 1. The van der Waals surface area contributed by atoms with E-state index in [4.69, 9.17) is 16.9 Å². The third kappa shape index (κ3) is 3.33. The van der Waals surface area contributed by atoms with Crippen molar-refractivity contribution in [2.45, 2.75) is 6.42 Å². The van der Waals surface area contributed by atoms with Crippen LogP contribution in [0.1, 0.15) is 16.8 Å². The maximum atomic E-state index is 12.0. The molecule has 1 rings (SSSR count). The van der Waals surface area contributed by atoms with Gasteiger partial charge in [0, 0.05) is 26.8 Å². The van der Waals surface area contributed by atoms with Gasteiger partial charge in [0.1, 0.15) is 5.82 Å². The normalized spacial score (nSPS) is 9.53. The van der Waals surface area contributed by atoms with E-state index in [0.29, 0.717) is 29.4 Å². The first-order valence-corrected chi connectivity index (χ1v) is 5.43. The van der Waals surface area contributed by atoms with Crippen molar-refractivity contribution >= 4 is 23.3 Å². The summed E-state index contributed by atoms with van der Waals surface area (Å²) in [7, 11) is 3.35. The third-order valence-electron chi connectivity index (χ3n) is 2.25. The average Bonchev–Trinajstić information content (AvgIpc) is 2.35. The zero-order chi connectivity index (χ0) is 12.8. The molecule has 0 atom stereocenters. The molecule has 17 heavy (non-hydrogen) atoms. The summed E-state index contributed by atoms with van der Waals surface area (Å²) in [6.07, 6.45) is 1.72. The molecular formula is C11H13ClN4O. The van der Waals surface area contributed by atoms with Crippen molar-refractivity contribution in [2.24, 2.45) is 0 Å². The quantitative estimate of drug-likeness (QED) is 0.887. The van der Waals surface area contributed by atoms with E-state index in [0.717, 1.165) is 0 Å². The molecular weight excluding hydrogens is 240 g/mol. The highest BCUT2D eigenvalue weighted by Gasteiger charge is 2.15. The van der Waals surface area contributed by atoms with Gasteiger partial charge >= 0.3 is 0 Å². The highest BCUT2D eigenvalue weighted by molar-refractivity contribution is 6.33. The van der Waals surface area contributed by atoms with E-state index in [1.54, 1.807) is 20.2 Å². The Morgan fingerprint density at radius 2 is 2.41 bits per heavy atom. The predicted molar refractivity (Wildman–Crippen MR) is 66.0 cm³/mol. The van der Waals surface area contributed by atoms with Crippen molar-refractivity contribution in [3.8, 4) is 6.07 Å². The Kier molecular flexibility index (Phi) is 4.73. The van der Waals surface area contributed by atoms with E-state index in [9.17, 15) is 4.79 Å². The number of nitrogens with one attached hydrogen (secondary N) is 1. The highest BCUT2D eigenvalue weighted by Crippen LogP contribution is 2.19. The molecule has 5 nitrogen and oxygen atoms in total. The van der Waals surface area contributed by atoms with Gasteiger partial charge in [0.25, 0.3) is 5.91 Å². The van der Waals surface area contributed by atoms with E-state index in [1.165, 1.54) is 11.1 Å².